The summed E-state index contributed by atoms with van der Waals surface area (Å²) in [7, 11) is 0. The molecule has 0 aliphatic heterocycles. The van der Waals surface area contributed by atoms with Gasteiger partial charge in [-0.05, 0) is 24.6 Å². The van der Waals surface area contributed by atoms with Crippen LogP contribution in [0.15, 0.2) is 39.3 Å². The molecule has 2 aromatic rings. The van der Waals surface area contributed by atoms with Gasteiger partial charge in [-0.1, -0.05) is 33.2 Å². The molecule has 0 aliphatic carbocycles. The Bertz CT molecular complexity index is 566. The third-order valence-corrected chi connectivity index (χ3v) is 3.22. The Kier molecular flexibility index (Phi) is 4.49. The Hall–Kier alpha value is -1.34. The van der Waals surface area contributed by atoms with Gasteiger partial charge in [0.1, 0.15) is 6.04 Å². The van der Waals surface area contributed by atoms with Gasteiger partial charge in [-0.2, -0.15) is 13.2 Å². The lowest BCUT2D eigenvalue weighted by atomic mass is 10.1. The minimum absolute atomic E-state index is 0.0406. The molecule has 1 heterocycles. The quantitative estimate of drug-likeness (QED) is 0.902. The molecule has 1 N–H and O–H groups in total. The summed E-state index contributed by atoms with van der Waals surface area (Å²) in [5.74, 6) is 0.369. The summed E-state index contributed by atoms with van der Waals surface area (Å²) in [5, 5.41) is 6.09. The first-order chi connectivity index (χ1) is 9.36. The molecular formula is C13H12BrF3N2O. The van der Waals surface area contributed by atoms with Crippen molar-refractivity contribution in [2.75, 3.05) is 0 Å². The van der Waals surface area contributed by atoms with E-state index < -0.39 is 12.2 Å². The zero-order valence-electron chi connectivity index (χ0n) is 10.5. The van der Waals surface area contributed by atoms with Gasteiger partial charge in [0.2, 0.25) is 0 Å². The maximum atomic E-state index is 13.1. The number of hydrogen-bond donors (Lipinski definition) is 1. The SMILES string of the molecule is Cc1cc(CNC(c2ccc(Br)cc2)C(F)(F)F)on1. The summed E-state index contributed by atoms with van der Waals surface area (Å²) in [6.07, 6.45) is -4.39. The molecule has 108 valence electrons. The fraction of sp³-hybridized carbons (Fsp3) is 0.308. The van der Waals surface area contributed by atoms with Gasteiger partial charge in [0, 0.05) is 10.5 Å². The van der Waals surface area contributed by atoms with E-state index in [0.717, 1.165) is 4.47 Å². The predicted octanol–water partition coefficient (Wildman–Crippen LogP) is 4.14. The second kappa shape index (κ2) is 5.97. The first-order valence-electron chi connectivity index (χ1n) is 5.84. The predicted molar refractivity (Wildman–Crippen MR) is 71.0 cm³/mol. The summed E-state index contributed by atoms with van der Waals surface area (Å²) >= 11 is 3.20. The number of nitrogens with one attached hydrogen (secondary N) is 1. The van der Waals surface area contributed by atoms with Crippen LogP contribution in [0.1, 0.15) is 23.1 Å². The van der Waals surface area contributed by atoms with Crippen molar-refractivity contribution in [1.82, 2.24) is 10.5 Å². The Balaban J connectivity index is 2.14. The van der Waals surface area contributed by atoms with E-state index in [-0.39, 0.29) is 12.1 Å². The minimum Gasteiger partial charge on any atom is -0.360 e. The lowest BCUT2D eigenvalue weighted by Crippen LogP contribution is -2.33. The first kappa shape index (κ1) is 15.1. The normalized spacial score (nSPS) is 13.4. The molecule has 1 aromatic heterocycles. The summed E-state index contributed by atoms with van der Waals surface area (Å²) in [4.78, 5) is 0. The highest BCUT2D eigenvalue weighted by Crippen LogP contribution is 2.33. The highest BCUT2D eigenvalue weighted by atomic mass is 79.9. The summed E-state index contributed by atoms with van der Waals surface area (Å²) in [6.45, 7) is 1.67. The molecule has 0 radical (unpaired) electrons. The van der Waals surface area contributed by atoms with Crippen molar-refractivity contribution in [2.24, 2.45) is 0 Å². The van der Waals surface area contributed by atoms with E-state index in [1.807, 2.05) is 0 Å². The van der Waals surface area contributed by atoms with E-state index in [4.69, 9.17) is 4.52 Å². The van der Waals surface area contributed by atoms with E-state index in [9.17, 15) is 13.2 Å². The molecule has 7 heteroatoms. The second-order valence-corrected chi connectivity index (χ2v) is 5.26. The number of hydrogen-bond acceptors (Lipinski definition) is 3. The highest BCUT2D eigenvalue weighted by Gasteiger charge is 2.40. The maximum Gasteiger partial charge on any atom is 0.407 e. The second-order valence-electron chi connectivity index (χ2n) is 4.34. The van der Waals surface area contributed by atoms with Gasteiger partial charge in [0.05, 0.1) is 12.2 Å². The van der Waals surface area contributed by atoms with E-state index in [0.29, 0.717) is 11.5 Å². The molecule has 0 fully saturated rings. The fourth-order valence-corrected chi connectivity index (χ4v) is 2.04. The molecule has 0 saturated heterocycles. The van der Waals surface area contributed by atoms with Gasteiger partial charge in [0.25, 0.3) is 0 Å². The number of benzene rings is 1. The molecule has 0 saturated carbocycles. The number of aryl methyl sites for hydroxylation is 1. The van der Waals surface area contributed by atoms with Crippen LogP contribution in [-0.2, 0) is 6.54 Å². The van der Waals surface area contributed by atoms with Crippen molar-refractivity contribution >= 4 is 15.9 Å². The molecular weight excluding hydrogens is 337 g/mol. The molecule has 1 aromatic carbocycles. The third-order valence-electron chi connectivity index (χ3n) is 2.69. The molecule has 1 atom stereocenters. The molecule has 0 spiro atoms. The summed E-state index contributed by atoms with van der Waals surface area (Å²) in [5.41, 5.74) is 0.783. The summed E-state index contributed by atoms with van der Waals surface area (Å²) in [6, 6.07) is 5.87. The molecule has 3 nitrogen and oxygen atoms in total. The van der Waals surface area contributed by atoms with Crippen LogP contribution in [0.3, 0.4) is 0 Å². The number of aromatic nitrogens is 1. The fourth-order valence-electron chi connectivity index (χ4n) is 1.78. The van der Waals surface area contributed by atoms with Crippen LogP contribution in [-0.4, -0.2) is 11.3 Å². The topological polar surface area (TPSA) is 38.1 Å². The Morgan fingerprint density at radius 2 is 1.95 bits per heavy atom. The zero-order valence-corrected chi connectivity index (χ0v) is 12.1. The number of halogens is 4. The van der Waals surface area contributed by atoms with Crippen molar-refractivity contribution in [3.05, 3.63) is 51.8 Å². The van der Waals surface area contributed by atoms with Crippen LogP contribution < -0.4 is 5.32 Å². The minimum atomic E-state index is -4.39. The van der Waals surface area contributed by atoms with Crippen LogP contribution in [0.25, 0.3) is 0 Å². The Morgan fingerprint density at radius 1 is 1.30 bits per heavy atom. The average molecular weight is 349 g/mol. The van der Waals surface area contributed by atoms with E-state index in [1.54, 1.807) is 25.1 Å². The van der Waals surface area contributed by atoms with Crippen LogP contribution in [0.5, 0.6) is 0 Å². The Labute approximate surface area is 122 Å². The maximum absolute atomic E-state index is 13.1. The molecule has 2 rings (SSSR count). The van der Waals surface area contributed by atoms with Crippen LogP contribution >= 0.6 is 15.9 Å². The van der Waals surface area contributed by atoms with Crippen molar-refractivity contribution in [2.45, 2.75) is 25.7 Å². The van der Waals surface area contributed by atoms with Crippen LogP contribution in [0, 0.1) is 6.92 Å². The monoisotopic (exact) mass is 348 g/mol. The Morgan fingerprint density at radius 3 is 2.45 bits per heavy atom. The lowest BCUT2D eigenvalue weighted by molar-refractivity contribution is -0.158. The molecule has 1 unspecified atom stereocenters. The van der Waals surface area contributed by atoms with E-state index >= 15 is 0 Å². The van der Waals surface area contributed by atoms with Crippen molar-refractivity contribution in [3.8, 4) is 0 Å². The average Bonchev–Trinajstić information content (AvgIpc) is 2.76. The lowest BCUT2D eigenvalue weighted by Gasteiger charge is -2.21. The third kappa shape index (κ3) is 3.83. The van der Waals surface area contributed by atoms with Gasteiger partial charge in [-0.25, -0.2) is 0 Å². The van der Waals surface area contributed by atoms with Crippen LogP contribution in [0.2, 0.25) is 0 Å². The molecule has 20 heavy (non-hydrogen) atoms. The van der Waals surface area contributed by atoms with Gasteiger partial charge < -0.3 is 4.52 Å². The zero-order chi connectivity index (χ0) is 14.8. The van der Waals surface area contributed by atoms with Gasteiger partial charge in [-0.3, -0.25) is 5.32 Å². The van der Waals surface area contributed by atoms with Gasteiger partial charge in [-0.15, -0.1) is 0 Å². The standard InChI is InChI=1S/C13H12BrF3N2O/c1-8-6-11(20-19-8)7-18-12(13(15,16)17)9-2-4-10(14)5-3-9/h2-6,12,18H,7H2,1H3. The molecule has 0 bridgehead atoms. The first-order valence-corrected chi connectivity index (χ1v) is 6.63. The van der Waals surface area contributed by atoms with E-state index in [2.05, 4.69) is 26.4 Å². The number of rotatable bonds is 4. The van der Waals surface area contributed by atoms with Crippen molar-refractivity contribution < 1.29 is 17.7 Å². The highest BCUT2D eigenvalue weighted by molar-refractivity contribution is 9.10. The molecule has 0 aliphatic rings. The molecule has 0 amide bonds. The van der Waals surface area contributed by atoms with Gasteiger partial charge in [0.15, 0.2) is 5.76 Å². The van der Waals surface area contributed by atoms with Crippen molar-refractivity contribution in [3.63, 3.8) is 0 Å². The van der Waals surface area contributed by atoms with Gasteiger partial charge >= 0.3 is 6.18 Å². The number of alkyl halides is 3. The van der Waals surface area contributed by atoms with E-state index in [1.165, 1.54) is 12.1 Å². The largest absolute Gasteiger partial charge is 0.407 e. The van der Waals surface area contributed by atoms with Crippen LogP contribution in [0.4, 0.5) is 13.2 Å². The van der Waals surface area contributed by atoms with Crippen molar-refractivity contribution in [1.29, 1.82) is 0 Å². The smallest absolute Gasteiger partial charge is 0.360 e. The summed E-state index contributed by atoms with van der Waals surface area (Å²) < 4.78 is 44.9. The number of nitrogens with zero attached hydrogens (tertiary/aromatic N) is 1.